The lowest BCUT2D eigenvalue weighted by molar-refractivity contribution is -0.383. The third kappa shape index (κ3) is 3.16. The first kappa shape index (κ1) is 14.9. The maximum atomic E-state index is 11.2. The van der Waals surface area contributed by atoms with Crippen LogP contribution in [0, 0.1) is 17.0 Å². The highest BCUT2D eigenvalue weighted by Crippen LogP contribution is 2.33. The zero-order chi connectivity index (χ0) is 15.6. The molecule has 1 aromatic heterocycles. The molecule has 0 fully saturated rings. The molecule has 0 aliphatic heterocycles. The highest BCUT2D eigenvalue weighted by Gasteiger charge is 2.22. The van der Waals surface area contributed by atoms with E-state index in [1.165, 1.54) is 29.5 Å². The van der Waals surface area contributed by atoms with E-state index in [4.69, 9.17) is 5.11 Å². The molecular formula is C13H13N3O4S. The molecule has 1 unspecified atom stereocenters. The van der Waals surface area contributed by atoms with Crippen LogP contribution in [0.3, 0.4) is 0 Å². The van der Waals surface area contributed by atoms with Crippen LogP contribution in [-0.4, -0.2) is 27.0 Å². The van der Waals surface area contributed by atoms with Crippen LogP contribution in [-0.2, 0) is 4.79 Å². The first-order valence-electron chi connectivity index (χ1n) is 6.08. The number of fused-ring (bicyclic) bond motifs is 1. The van der Waals surface area contributed by atoms with E-state index in [1.54, 1.807) is 6.92 Å². The van der Waals surface area contributed by atoms with E-state index in [9.17, 15) is 14.9 Å². The van der Waals surface area contributed by atoms with Crippen molar-refractivity contribution in [1.29, 1.82) is 0 Å². The maximum Gasteiger partial charge on any atom is 0.326 e. The lowest BCUT2D eigenvalue weighted by atomic mass is 10.1. The number of carboxylic acids is 1. The van der Waals surface area contributed by atoms with E-state index in [1.807, 2.05) is 0 Å². The van der Waals surface area contributed by atoms with Crippen LogP contribution < -0.4 is 5.32 Å². The summed E-state index contributed by atoms with van der Waals surface area (Å²) >= 11 is 1.35. The largest absolute Gasteiger partial charge is 0.480 e. The number of nitrogens with one attached hydrogen (secondary N) is 1. The SMILES string of the molecule is C=CCC(Nc1cc2nc(C)sc2cc1[N+](=O)[O-])C(=O)O. The molecule has 8 heteroatoms. The fourth-order valence-electron chi connectivity index (χ4n) is 1.92. The summed E-state index contributed by atoms with van der Waals surface area (Å²) in [5, 5.41) is 23.8. The third-order valence-corrected chi connectivity index (χ3v) is 3.77. The van der Waals surface area contributed by atoms with Gasteiger partial charge >= 0.3 is 5.97 Å². The molecule has 1 atom stereocenters. The Bertz CT molecular complexity index is 726. The van der Waals surface area contributed by atoms with Gasteiger partial charge in [-0.1, -0.05) is 6.08 Å². The van der Waals surface area contributed by atoms with Gasteiger partial charge in [0.05, 0.1) is 20.1 Å². The van der Waals surface area contributed by atoms with E-state index < -0.39 is 16.9 Å². The van der Waals surface area contributed by atoms with Crippen molar-refractivity contribution in [3.63, 3.8) is 0 Å². The number of carbonyl (C=O) groups is 1. The minimum atomic E-state index is -1.10. The second-order valence-electron chi connectivity index (χ2n) is 4.39. The molecule has 0 saturated carbocycles. The molecule has 0 spiro atoms. The number of hydrogen-bond acceptors (Lipinski definition) is 6. The zero-order valence-corrected chi connectivity index (χ0v) is 12.0. The molecule has 2 aromatic rings. The average Bonchev–Trinajstić information content (AvgIpc) is 2.76. The van der Waals surface area contributed by atoms with E-state index in [0.29, 0.717) is 10.2 Å². The Kier molecular flexibility index (Phi) is 4.18. The fourth-order valence-corrected chi connectivity index (χ4v) is 2.76. The number of aromatic nitrogens is 1. The summed E-state index contributed by atoms with van der Waals surface area (Å²) in [6.07, 6.45) is 1.60. The summed E-state index contributed by atoms with van der Waals surface area (Å²) in [5.74, 6) is -1.10. The van der Waals surface area contributed by atoms with Crippen LogP contribution in [0.5, 0.6) is 0 Å². The average molecular weight is 307 g/mol. The van der Waals surface area contributed by atoms with Crippen molar-refractivity contribution >= 4 is 38.9 Å². The normalized spacial score (nSPS) is 12.0. The second-order valence-corrected chi connectivity index (χ2v) is 5.62. The van der Waals surface area contributed by atoms with E-state index in [2.05, 4.69) is 16.9 Å². The van der Waals surface area contributed by atoms with Gasteiger partial charge in [0, 0.05) is 6.07 Å². The van der Waals surface area contributed by atoms with Gasteiger partial charge in [0.15, 0.2) is 0 Å². The van der Waals surface area contributed by atoms with Crippen LogP contribution in [0.2, 0.25) is 0 Å². The number of nitrogens with zero attached hydrogens (tertiary/aromatic N) is 2. The summed E-state index contributed by atoms with van der Waals surface area (Å²) < 4.78 is 0.695. The standard InChI is InChI=1S/C13H13N3O4S/c1-3-4-8(13(17)18)15-9-5-10-12(21-7(2)14-10)6-11(9)16(19)20/h3,5-6,8,15H,1,4H2,2H3,(H,17,18). The molecule has 0 radical (unpaired) electrons. The number of nitro benzene ring substituents is 1. The molecule has 0 bridgehead atoms. The van der Waals surface area contributed by atoms with Crippen LogP contribution >= 0.6 is 11.3 Å². The fraction of sp³-hybridized carbons (Fsp3) is 0.231. The van der Waals surface area contributed by atoms with Gasteiger partial charge in [0.25, 0.3) is 5.69 Å². The molecule has 1 aromatic carbocycles. The molecule has 2 rings (SSSR count). The molecule has 7 nitrogen and oxygen atoms in total. The lowest BCUT2D eigenvalue weighted by Gasteiger charge is -2.14. The molecule has 0 saturated heterocycles. The molecule has 1 heterocycles. The van der Waals surface area contributed by atoms with Gasteiger partial charge in [-0.2, -0.15) is 0 Å². The predicted molar refractivity (Wildman–Crippen MR) is 80.9 cm³/mol. The van der Waals surface area contributed by atoms with Gasteiger partial charge < -0.3 is 10.4 Å². The van der Waals surface area contributed by atoms with Crippen LogP contribution in [0.15, 0.2) is 24.8 Å². The van der Waals surface area contributed by atoms with E-state index in [0.717, 1.165) is 5.01 Å². The minimum Gasteiger partial charge on any atom is -0.480 e. The molecule has 0 amide bonds. The summed E-state index contributed by atoms with van der Waals surface area (Å²) in [6.45, 7) is 5.29. The Labute approximate surface area is 124 Å². The number of thiazole rings is 1. The van der Waals surface area contributed by atoms with E-state index >= 15 is 0 Å². The predicted octanol–water partition coefficient (Wildman–Crippen LogP) is 2.95. The smallest absolute Gasteiger partial charge is 0.326 e. The third-order valence-electron chi connectivity index (χ3n) is 2.84. The van der Waals surface area contributed by atoms with Crippen molar-refractivity contribution in [3.8, 4) is 0 Å². The quantitative estimate of drug-likeness (QED) is 0.483. The van der Waals surface area contributed by atoms with Crippen molar-refractivity contribution in [2.75, 3.05) is 5.32 Å². The number of rotatable bonds is 6. The minimum absolute atomic E-state index is 0.145. The van der Waals surface area contributed by atoms with Gasteiger partial charge in [0.1, 0.15) is 11.7 Å². The molecule has 0 aliphatic carbocycles. The Morgan fingerprint density at radius 3 is 2.95 bits per heavy atom. The summed E-state index contributed by atoms with van der Waals surface area (Å²) in [6, 6.07) is 1.95. The second kappa shape index (κ2) is 5.88. The molecule has 0 aliphatic rings. The number of nitro groups is 1. The monoisotopic (exact) mass is 307 g/mol. The Hall–Kier alpha value is -2.48. The number of anilines is 1. The maximum absolute atomic E-state index is 11.2. The van der Waals surface area contributed by atoms with Crippen molar-refractivity contribution in [2.24, 2.45) is 0 Å². The number of carboxylic acid groups (broad SMARTS) is 1. The van der Waals surface area contributed by atoms with Gasteiger partial charge in [-0.05, 0) is 19.4 Å². The lowest BCUT2D eigenvalue weighted by Crippen LogP contribution is -2.28. The van der Waals surface area contributed by atoms with Crippen LogP contribution in [0.1, 0.15) is 11.4 Å². The van der Waals surface area contributed by atoms with Crippen molar-refractivity contribution in [1.82, 2.24) is 4.98 Å². The summed E-state index contributed by atoms with van der Waals surface area (Å²) in [4.78, 5) is 26.0. The number of aryl methyl sites for hydroxylation is 1. The number of hydrogen-bond donors (Lipinski definition) is 2. The molecule has 21 heavy (non-hydrogen) atoms. The van der Waals surface area contributed by atoms with Gasteiger partial charge in [-0.15, -0.1) is 17.9 Å². The topological polar surface area (TPSA) is 105 Å². The van der Waals surface area contributed by atoms with E-state index in [-0.39, 0.29) is 17.8 Å². The molecule has 110 valence electrons. The Balaban J connectivity index is 2.49. The molecule has 2 N–H and O–H groups in total. The Morgan fingerprint density at radius 1 is 1.67 bits per heavy atom. The first-order chi connectivity index (χ1) is 9.92. The van der Waals surface area contributed by atoms with Crippen LogP contribution in [0.4, 0.5) is 11.4 Å². The number of aliphatic carboxylic acids is 1. The van der Waals surface area contributed by atoms with Crippen molar-refractivity contribution in [2.45, 2.75) is 19.4 Å². The summed E-state index contributed by atoms with van der Waals surface area (Å²) in [5.41, 5.74) is 0.585. The highest BCUT2D eigenvalue weighted by atomic mass is 32.1. The number of benzene rings is 1. The Morgan fingerprint density at radius 2 is 2.38 bits per heavy atom. The first-order valence-corrected chi connectivity index (χ1v) is 6.90. The molecular weight excluding hydrogens is 294 g/mol. The summed E-state index contributed by atoms with van der Waals surface area (Å²) in [7, 11) is 0. The highest BCUT2D eigenvalue weighted by molar-refractivity contribution is 7.18. The zero-order valence-electron chi connectivity index (χ0n) is 11.2. The van der Waals surface area contributed by atoms with Crippen molar-refractivity contribution in [3.05, 3.63) is 39.9 Å². The van der Waals surface area contributed by atoms with Crippen molar-refractivity contribution < 1.29 is 14.8 Å². The van der Waals surface area contributed by atoms with Gasteiger partial charge in [-0.3, -0.25) is 10.1 Å². The van der Waals surface area contributed by atoms with Gasteiger partial charge in [0.2, 0.25) is 0 Å². The van der Waals surface area contributed by atoms with Gasteiger partial charge in [-0.25, -0.2) is 9.78 Å². The van der Waals surface area contributed by atoms with Crippen LogP contribution in [0.25, 0.3) is 10.2 Å².